The van der Waals surface area contributed by atoms with Gasteiger partial charge in [-0.25, -0.2) is 0 Å². The smallest absolute Gasteiger partial charge is 0.280 e. The van der Waals surface area contributed by atoms with E-state index in [0.717, 1.165) is 5.69 Å². The van der Waals surface area contributed by atoms with Gasteiger partial charge < -0.3 is 21.2 Å². The monoisotopic (exact) mass is 307 g/mol. The molecule has 2 rings (SSSR count). The number of oxime groups is 1. The largest absolute Gasteiger partial charge is 0.411 e. The Labute approximate surface area is 127 Å². The Morgan fingerprint density at radius 1 is 1.24 bits per heavy atom. The number of aromatic nitrogens is 1. The maximum atomic E-state index is 11.8. The molecule has 0 saturated heterocycles. The van der Waals surface area contributed by atoms with E-state index in [2.05, 4.69) is 10.1 Å². The Morgan fingerprint density at radius 3 is 2.67 bits per heavy atom. The number of guanidine groups is 1. The molecule has 110 valence electrons. The lowest BCUT2D eigenvalue weighted by Gasteiger charge is -2.07. The van der Waals surface area contributed by atoms with E-state index in [1.54, 1.807) is 47.2 Å². The summed E-state index contributed by atoms with van der Waals surface area (Å²) in [6.45, 7) is 0. The molecule has 1 aromatic carbocycles. The summed E-state index contributed by atoms with van der Waals surface area (Å²) in [5.41, 5.74) is 12.1. The molecule has 2 aromatic rings. The van der Waals surface area contributed by atoms with Crippen molar-refractivity contribution in [3.05, 3.63) is 53.9 Å². The summed E-state index contributed by atoms with van der Waals surface area (Å²) in [5.74, 6) is -0.800. The maximum absolute atomic E-state index is 11.8. The van der Waals surface area contributed by atoms with Gasteiger partial charge in [-0.05, 0) is 30.3 Å². The number of amides is 1. The fourth-order valence-electron chi connectivity index (χ4n) is 1.76. The molecule has 8 heteroatoms. The number of nitrogens with zero attached hydrogens (tertiary/aromatic N) is 3. The Hall–Kier alpha value is -2.80. The maximum Gasteiger partial charge on any atom is 0.280 e. The molecule has 0 bridgehead atoms. The van der Waals surface area contributed by atoms with Gasteiger partial charge >= 0.3 is 0 Å². The lowest BCUT2D eigenvalue weighted by molar-refractivity contribution is 0.100. The van der Waals surface area contributed by atoms with Crippen molar-refractivity contribution in [1.82, 2.24) is 4.57 Å². The molecule has 0 fully saturated rings. The van der Waals surface area contributed by atoms with E-state index in [-0.39, 0.29) is 18.4 Å². The number of aliphatic imine (C=N–C) groups is 1. The molecule has 0 aliphatic heterocycles. The second-order valence-electron chi connectivity index (χ2n) is 3.94. The van der Waals surface area contributed by atoms with E-state index in [1.165, 1.54) is 6.21 Å². The highest BCUT2D eigenvalue weighted by Crippen LogP contribution is 2.14. The van der Waals surface area contributed by atoms with Crippen LogP contribution in [0.1, 0.15) is 16.1 Å². The second-order valence-corrected chi connectivity index (χ2v) is 3.94. The molecule has 1 amide bonds. The molecule has 0 spiro atoms. The fourth-order valence-corrected chi connectivity index (χ4v) is 1.76. The molecular weight excluding hydrogens is 294 g/mol. The third kappa shape index (κ3) is 3.83. The SMILES string of the molecule is Cl.NC(N)=NC(=O)c1cccc(-n2cccc2C=NO)c1. The number of benzene rings is 1. The van der Waals surface area contributed by atoms with Crippen LogP contribution in [0.25, 0.3) is 5.69 Å². The van der Waals surface area contributed by atoms with Crippen molar-refractivity contribution in [3.8, 4) is 5.69 Å². The minimum Gasteiger partial charge on any atom is -0.411 e. The summed E-state index contributed by atoms with van der Waals surface area (Å²) in [6.07, 6.45) is 3.08. The topological polar surface area (TPSA) is 119 Å². The van der Waals surface area contributed by atoms with Gasteiger partial charge in [0.15, 0.2) is 5.96 Å². The normalized spacial score (nSPS) is 10.1. The molecule has 0 aliphatic carbocycles. The number of carbonyl (C=O) groups is 1. The van der Waals surface area contributed by atoms with Crippen LogP contribution in [0.3, 0.4) is 0 Å². The fraction of sp³-hybridized carbons (Fsp3) is 0. The van der Waals surface area contributed by atoms with Gasteiger partial charge in [-0.3, -0.25) is 4.79 Å². The van der Waals surface area contributed by atoms with Crippen molar-refractivity contribution in [3.63, 3.8) is 0 Å². The second kappa shape index (κ2) is 7.11. The zero-order valence-corrected chi connectivity index (χ0v) is 11.7. The summed E-state index contributed by atoms with van der Waals surface area (Å²) in [7, 11) is 0. The first-order chi connectivity index (χ1) is 9.61. The van der Waals surface area contributed by atoms with E-state index in [9.17, 15) is 4.79 Å². The summed E-state index contributed by atoms with van der Waals surface area (Å²) >= 11 is 0. The van der Waals surface area contributed by atoms with E-state index in [0.29, 0.717) is 11.3 Å². The molecule has 21 heavy (non-hydrogen) atoms. The molecule has 5 N–H and O–H groups in total. The van der Waals surface area contributed by atoms with Crippen LogP contribution in [0.5, 0.6) is 0 Å². The van der Waals surface area contributed by atoms with E-state index in [4.69, 9.17) is 16.7 Å². The average Bonchev–Trinajstić information content (AvgIpc) is 2.87. The van der Waals surface area contributed by atoms with Crippen molar-refractivity contribution < 1.29 is 10.0 Å². The van der Waals surface area contributed by atoms with Gasteiger partial charge in [-0.15, -0.1) is 12.4 Å². The third-order valence-electron chi connectivity index (χ3n) is 2.57. The van der Waals surface area contributed by atoms with Crippen molar-refractivity contribution >= 4 is 30.5 Å². The Bertz CT molecular complexity index is 689. The highest BCUT2D eigenvalue weighted by atomic mass is 35.5. The van der Waals surface area contributed by atoms with Gasteiger partial charge in [0.2, 0.25) is 0 Å². The van der Waals surface area contributed by atoms with E-state index < -0.39 is 5.91 Å². The van der Waals surface area contributed by atoms with Gasteiger partial charge in [0.25, 0.3) is 5.91 Å². The molecule has 0 radical (unpaired) electrons. The highest BCUT2D eigenvalue weighted by Gasteiger charge is 2.07. The number of hydrogen-bond acceptors (Lipinski definition) is 3. The van der Waals surface area contributed by atoms with Crippen molar-refractivity contribution in [2.75, 3.05) is 0 Å². The minimum atomic E-state index is -0.517. The lowest BCUT2D eigenvalue weighted by atomic mass is 10.2. The Kier molecular flexibility index (Phi) is 5.50. The van der Waals surface area contributed by atoms with Crippen molar-refractivity contribution in [2.45, 2.75) is 0 Å². The van der Waals surface area contributed by atoms with E-state index in [1.807, 2.05) is 0 Å². The van der Waals surface area contributed by atoms with Gasteiger partial charge in [0.1, 0.15) is 0 Å². The number of rotatable bonds is 3. The van der Waals surface area contributed by atoms with Crippen molar-refractivity contribution in [1.29, 1.82) is 0 Å². The first-order valence-electron chi connectivity index (χ1n) is 5.71. The van der Waals surface area contributed by atoms with Crippen LogP contribution in [0.2, 0.25) is 0 Å². The van der Waals surface area contributed by atoms with E-state index >= 15 is 0 Å². The molecule has 1 heterocycles. The molecule has 0 atom stereocenters. The Balaban J connectivity index is 0.00000220. The molecule has 0 unspecified atom stereocenters. The zero-order valence-electron chi connectivity index (χ0n) is 10.9. The van der Waals surface area contributed by atoms with Gasteiger partial charge in [0.05, 0.1) is 11.9 Å². The number of nitrogens with two attached hydrogens (primary N) is 2. The van der Waals surface area contributed by atoms with Gasteiger partial charge in [-0.1, -0.05) is 11.2 Å². The summed E-state index contributed by atoms with van der Waals surface area (Å²) < 4.78 is 1.76. The summed E-state index contributed by atoms with van der Waals surface area (Å²) in [4.78, 5) is 15.3. The minimum absolute atomic E-state index is 0. The molecule has 0 aliphatic rings. The highest BCUT2D eigenvalue weighted by molar-refractivity contribution is 6.02. The Morgan fingerprint density at radius 2 is 2.00 bits per heavy atom. The van der Waals surface area contributed by atoms with Crippen LogP contribution in [0, 0.1) is 0 Å². The summed E-state index contributed by atoms with van der Waals surface area (Å²) in [5, 5.41) is 11.6. The number of halogens is 1. The molecule has 1 aromatic heterocycles. The molecule has 0 saturated carbocycles. The standard InChI is InChI=1S/C13H13N5O2.ClH/c14-13(15)17-12(19)9-3-1-4-10(7-9)18-6-2-5-11(18)8-16-20;/h1-8,20H,(H4,14,15,17,19);1H. The number of hydrogen-bond donors (Lipinski definition) is 3. The van der Waals surface area contributed by atoms with Crippen molar-refractivity contribution in [2.24, 2.45) is 21.6 Å². The predicted octanol–water partition coefficient (Wildman–Crippen LogP) is 1.12. The average molecular weight is 308 g/mol. The van der Waals surface area contributed by atoms with Crippen LogP contribution in [0.15, 0.2) is 52.7 Å². The first kappa shape index (κ1) is 16.3. The summed E-state index contributed by atoms with van der Waals surface area (Å²) in [6, 6.07) is 10.3. The quantitative estimate of drug-likeness (QED) is 0.340. The lowest BCUT2D eigenvalue weighted by Crippen LogP contribution is -2.24. The van der Waals surface area contributed by atoms with Crippen LogP contribution in [0.4, 0.5) is 0 Å². The third-order valence-corrected chi connectivity index (χ3v) is 2.57. The van der Waals surface area contributed by atoms with Crippen LogP contribution in [-0.2, 0) is 0 Å². The predicted molar refractivity (Wildman–Crippen MR) is 82.5 cm³/mol. The van der Waals surface area contributed by atoms with Crippen LogP contribution in [-0.4, -0.2) is 27.9 Å². The zero-order chi connectivity index (χ0) is 14.5. The molecular formula is C13H14ClN5O2. The number of carbonyl (C=O) groups excluding carboxylic acids is 1. The first-order valence-corrected chi connectivity index (χ1v) is 5.71. The van der Waals surface area contributed by atoms with Gasteiger partial charge in [-0.2, -0.15) is 4.99 Å². The van der Waals surface area contributed by atoms with Crippen LogP contribution >= 0.6 is 12.4 Å². The molecule has 7 nitrogen and oxygen atoms in total. The van der Waals surface area contributed by atoms with Gasteiger partial charge in [0, 0.05) is 17.4 Å². The van der Waals surface area contributed by atoms with Crippen LogP contribution < -0.4 is 11.5 Å².